The Morgan fingerprint density at radius 3 is 2.03 bits per heavy atom. The number of nitrogens with two attached hydrogens (primary N) is 1. The van der Waals surface area contributed by atoms with Crippen molar-refractivity contribution in [2.75, 3.05) is 0 Å². The average molecular weight is 564 g/mol. The van der Waals surface area contributed by atoms with Gasteiger partial charge in [-0.05, 0) is 50.6 Å². The van der Waals surface area contributed by atoms with Crippen molar-refractivity contribution in [1.82, 2.24) is 5.32 Å². The van der Waals surface area contributed by atoms with Gasteiger partial charge in [0.1, 0.15) is 16.3 Å². The molecule has 0 bridgehead atoms. The quantitative estimate of drug-likeness (QED) is 0.106. The second-order valence-electron chi connectivity index (χ2n) is 8.96. The summed E-state index contributed by atoms with van der Waals surface area (Å²) in [5.41, 5.74) is 3.12. The summed E-state index contributed by atoms with van der Waals surface area (Å²) in [4.78, 5) is 46.0. The Morgan fingerprint density at radius 1 is 1.03 bits per heavy atom. The number of esters is 1. The fraction of sp³-hybridized carbons (Fsp3) is 0.348. The van der Waals surface area contributed by atoms with Crippen LogP contribution in [0.25, 0.3) is 0 Å². The second-order valence-corrected chi connectivity index (χ2v) is 10.1. The van der Waals surface area contributed by atoms with E-state index in [0.29, 0.717) is 4.88 Å². The van der Waals surface area contributed by atoms with Gasteiger partial charge in [0.15, 0.2) is 11.6 Å². The number of aliphatic carboxylic acids is 2. The molecule has 0 aliphatic heterocycles. The zero-order valence-corrected chi connectivity index (χ0v) is 21.3. The summed E-state index contributed by atoms with van der Waals surface area (Å²) in [5.74, 6) is -6.53. The van der Waals surface area contributed by atoms with Gasteiger partial charge in [-0.15, -0.1) is 11.3 Å². The fourth-order valence-electron chi connectivity index (χ4n) is 2.51. The van der Waals surface area contributed by atoms with Crippen molar-refractivity contribution in [3.8, 4) is 5.75 Å². The maximum Gasteiger partial charge on any atom is 0.490 e. The number of carboxylic acids is 2. The van der Waals surface area contributed by atoms with Gasteiger partial charge in [-0.2, -0.15) is 13.2 Å². The zero-order valence-electron chi connectivity index (χ0n) is 20.5. The van der Waals surface area contributed by atoms with Gasteiger partial charge in [0.25, 0.3) is 0 Å². The highest BCUT2D eigenvalue weighted by molar-refractivity contribution is 7.14. The first kappa shape index (κ1) is 32.0. The SMILES string of the molecule is CC(C)(Cc1ccc(C(=O)Oc2ccc(C(=N)N)cc2F)s1)C(=O)NC(C)(C)C(=O)O.O=C(O)C(F)(F)F. The van der Waals surface area contributed by atoms with Crippen LogP contribution in [-0.2, 0) is 20.8 Å². The van der Waals surface area contributed by atoms with Gasteiger partial charge in [0.2, 0.25) is 5.91 Å². The highest BCUT2D eigenvalue weighted by Crippen LogP contribution is 2.29. The van der Waals surface area contributed by atoms with Crippen LogP contribution in [0.2, 0.25) is 0 Å². The van der Waals surface area contributed by atoms with Gasteiger partial charge in [-0.25, -0.2) is 18.8 Å². The van der Waals surface area contributed by atoms with Crippen molar-refractivity contribution in [2.45, 2.75) is 45.8 Å². The van der Waals surface area contributed by atoms with Crippen LogP contribution in [0.1, 0.15) is 47.8 Å². The number of carboxylic acid groups (broad SMARTS) is 2. The molecule has 208 valence electrons. The van der Waals surface area contributed by atoms with Crippen LogP contribution in [-0.4, -0.2) is 51.6 Å². The van der Waals surface area contributed by atoms with Crippen molar-refractivity contribution in [1.29, 1.82) is 5.41 Å². The minimum Gasteiger partial charge on any atom is -0.480 e. The number of hydrogen-bond donors (Lipinski definition) is 5. The number of ether oxygens (including phenoxy) is 1. The van der Waals surface area contributed by atoms with E-state index in [0.717, 1.165) is 17.4 Å². The molecule has 0 atom stereocenters. The summed E-state index contributed by atoms with van der Waals surface area (Å²) in [6.45, 7) is 6.13. The van der Waals surface area contributed by atoms with E-state index in [1.54, 1.807) is 19.9 Å². The summed E-state index contributed by atoms with van der Waals surface area (Å²) < 4.78 is 50.9. The standard InChI is InChI=1S/C21H24FN3O5S.C2HF3O2/c1-20(2,18(27)25-21(3,4)19(28)29)10-12-6-8-15(31-12)17(26)30-14-7-5-11(16(23)24)9-13(14)22;3-2(4,5)1(6)7/h5-9H,10H2,1-4H3,(H3,23,24)(H,25,27)(H,28,29);(H,6,7). The first-order valence-corrected chi connectivity index (χ1v) is 11.3. The lowest BCUT2D eigenvalue weighted by atomic mass is 9.86. The number of amides is 1. The third kappa shape index (κ3) is 9.14. The number of nitrogen functional groups attached to an aromatic ring is 1. The van der Waals surface area contributed by atoms with Gasteiger partial charge in [-0.1, -0.05) is 13.8 Å². The Morgan fingerprint density at radius 2 is 1.58 bits per heavy atom. The molecule has 0 saturated carbocycles. The van der Waals surface area contributed by atoms with Crippen LogP contribution in [0.15, 0.2) is 30.3 Å². The number of benzene rings is 1. The molecule has 1 heterocycles. The molecule has 15 heteroatoms. The van der Waals surface area contributed by atoms with E-state index >= 15 is 0 Å². The first-order chi connectivity index (χ1) is 17.2. The molecule has 0 spiro atoms. The molecule has 2 rings (SSSR count). The number of alkyl halides is 3. The van der Waals surface area contributed by atoms with Gasteiger partial charge in [0.05, 0.1) is 0 Å². The molecular formula is C23H25F4N3O7S. The van der Waals surface area contributed by atoms with Gasteiger partial charge in [0, 0.05) is 15.9 Å². The Hall–Kier alpha value is -4.01. The Kier molecular flexibility index (Phi) is 10.1. The maximum absolute atomic E-state index is 14.1. The van der Waals surface area contributed by atoms with Crippen LogP contribution < -0.4 is 15.8 Å². The smallest absolute Gasteiger partial charge is 0.480 e. The molecule has 1 aromatic carbocycles. The molecular weight excluding hydrogens is 538 g/mol. The van der Waals surface area contributed by atoms with Gasteiger partial charge < -0.3 is 26.0 Å². The minimum atomic E-state index is -5.08. The lowest BCUT2D eigenvalue weighted by Crippen LogP contribution is -2.53. The van der Waals surface area contributed by atoms with E-state index < -0.39 is 46.8 Å². The summed E-state index contributed by atoms with van der Waals surface area (Å²) in [6.07, 6.45) is -4.83. The van der Waals surface area contributed by atoms with Crippen molar-refractivity contribution in [3.05, 3.63) is 51.5 Å². The average Bonchev–Trinajstić information content (AvgIpc) is 3.22. The van der Waals surface area contributed by atoms with Gasteiger partial charge in [-0.3, -0.25) is 10.2 Å². The topological polar surface area (TPSA) is 180 Å². The lowest BCUT2D eigenvalue weighted by molar-refractivity contribution is -0.192. The molecule has 0 radical (unpaired) electrons. The Labute approximate surface area is 217 Å². The van der Waals surface area contributed by atoms with Crippen LogP contribution in [0.5, 0.6) is 5.75 Å². The zero-order chi connectivity index (χ0) is 29.6. The summed E-state index contributed by atoms with van der Waals surface area (Å²) >= 11 is 1.10. The van der Waals surface area contributed by atoms with Crippen LogP contribution in [0.3, 0.4) is 0 Å². The van der Waals surface area contributed by atoms with Gasteiger partial charge >= 0.3 is 24.1 Å². The van der Waals surface area contributed by atoms with Crippen LogP contribution >= 0.6 is 11.3 Å². The van der Waals surface area contributed by atoms with E-state index in [4.69, 9.17) is 25.8 Å². The molecule has 0 saturated heterocycles. The third-order valence-corrected chi connectivity index (χ3v) is 5.81. The highest BCUT2D eigenvalue weighted by atomic mass is 32.1. The first-order valence-electron chi connectivity index (χ1n) is 10.5. The van der Waals surface area contributed by atoms with Crippen molar-refractivity contribution >= 4 is 41.0 Å². The molecule has 0 unspecified atom stereocenters. The van der Waals surface area contributed by atoms with Crippen LogP contribution in [0.4, 0.5) is 17.6 Å². The minimum absolute atomic E-state index is 0.169. The molecule has 38 heavy (non-hydrogen) atoms. The predicted octanol–water partition coefficient (Wildman–Crippen LogP) is 3.57. The molecule has 0 aliphatic rings. The number of hydrogen-bond acceptors (Lipinski definition) is 7. The second kappa shape index (κ2) is 12.0. The van der Waals surface area contributed by atoms with Crippen molar-refractivity contribution < 1.29 is 51.7 Å². The fourth-order valence-corrected chi connectivity index (χ4v) is 3.62. The molecule has 6 N–H and O–H groups in total. The van der Waals surface area contributed by atoms with Crippen LogP contribution in [0, 0.1) is 16.6 Å². The molecule has 2 aromatic rings. The highest BCUT2D eigenvalue weighted by Gasteiger charge is 2.38. The van der Waals surface area contributed by atoms with E-state index in [2.05, 4.69) is 5.32 Å². The predicted molar refractivity (Wildman–Crippen MR) is 128 cm³/mol. The maximum atomic E-state index is 14.1. The number of amidine groups is 1. The summed E-state index contributed by atoms with van der Waals surface area (Å²) in [6, 6.07) is 6.77. The van der Waals surface area contributed by atoms with E-state index in [1.165, 1.54) is 32.0 Å². The molecule has 1 amide bonds. The molecule has 1 aromatic heterocycles. The lowest BCUT2D eigenvalue weighted by Gasteiger charge is -2.29. The van der Waals surface area contributed by atoms with Crippen molar-refractivity contribution in [2.24, 2.45) is 11.1 Å². The van der Waals surface area contributed by atoms with E-state index in [-0.39, 0.29) is 28.4 Å². The Bertz CT molecular complexity index is 1240. The Balaban J connectivity index is 0.000000905. The largest absolute Gasteiger partial charge is 0.490 e. The third-order valence-electron chi connectivity index (χ3n) is 4.74. The van der Waals surface area contributed by atoms with Crippen molar-refractivity contribution in [3.63, 3.8) is 0 Å². The molecule has 0 aliphatic carbocycles. The molecule has 0 fully saturated rings. The molecule has 10 nitrogen and oxygen atoms in total. The summed E-state index contributed by atoms with van der Waals surface area (Å²) in [7, 11) is 0. The number of carbonyl (C=O) groups excluding carboxylic acids is 2. The number of halogens is 4. The number of thiophene rings is 1. The number of rotatable bonds is 8. The van der Waals surface area contributed by atoms with E-state index in [1.807, 2.05) is 0 Å². The summed E-state index contributed by atoms with van der Waals surface area (Å²) in [5, 5.41) is 26.1. The normalized spacial score (nSPS) is 11.6. The number of nitrogens with one attached hydrogen (secondary N) is 2. The monoisotopic (exact) mass is 563 g/mol. The van der Waals surface area contributed by atoms with E-state index in [9.17, 15) is 37.1 Å². The number of carbonyl (C=O) groups is 4.